The summed E-state index contributed by atoms with van der Waals surface area (Å²) < 4.78 is 15.8. The Kier molecular flexibility index (Phi) is 7.07. The summed E-state index contributed by atoms with van der Waals surface area (Å²) >= 11 is 0. The van der Waals surface area contributed by atoms with E-state index in [0.717, 1.165) is 6.92 Å². The minimum atomic E-state index is -4.47. The van der Waals surface area contributed by atoms with Crippen molar-refractivity contribution >= 4 is 19.5 Å². The van der Waals surface area contributed by atoms with Crippen LogP contribution in [0.4, 0.5) is 0 Å². The van der Waals surface area contributed by atoms with E-state index in [9.17, 15) is 34.6 Å². The van der Waals surface area contributed by atoms with Crippen molar-refractivity contribution in [3.8, 4) is 0 Å². The zero-order chi connectivity index (χ0) is 19.6. The van der Waals surface area contributed by atoms with E-state index < -0.39 is 74.7 Å². The minimum absolute atomic E-state index is 0.570. The summed E-state index contributed by atoms with van der Waals surface area (Å²) in [4.78, 5) is 40.0. The molecule has 13 heteroatoms. The van der Waals surface area contributed by atoms with Crippen LogP contribution in [0.1, 0.15) is 19.8 Å². The lowest BCUT2D eigenvalue weighted by atomic mass is 9.88. The highest BCUT2D eigenvalue weighted by atomic mass is 31.2. The number of ether oxygens (including phenoxy) is 1. The minimum Gasteiger partial charge on any atom is -0.477 e. The highest BCUT2D eigenvalue weighted by Crippen LogP contribution is 2.36. The third-order valence-corrected chi connectivity index (χ3v) is 4.58. The van der Waals surface area contributed by atoms with Gasteiger partial charge in [-0.15, -0.1) is 0 Å². The van der Waals surface area contributed by atoms with Gasteiger partial charge in [-0.3, -0.25) is 9.36 Å². The molecule has 0 aromatic heterocycles. The van der Waals surface area contributed by atoms with Crippen molar-refractivity contribution in [3.63, 3.8) is 0 Å². The van der Waals surface area contributed by atoms with Crippen LogP contribution in [-0.2, 0) is 18.9 Å². The van der Waals surface area contributed by atoms with E-state index in [2.05, 4.69) is 5.32 Å². The maximum atomic E-state index is 11.2. The van der Waals surface area contributed by atoms with Gasteiger partial charge in [0.05, 0.1) is 24.4 Å². The van der Waals surface area contributed by atoms with E-state index >= 15 is 0 Å². The van der Waals surface area contributed by atoms with Gasteiger partial charge in [-0.25, -0.2) is 4.79 Å². The fraction of sp³-hybridized carbons (Fsp3) is 0.833. The number of hydrogen-bond acceptors (Lipinski definition) is 8. The molecule has 0 saturated carbocycles. The molecule has 6 atom stereocenters. The first-order valence-corrected chi connectivity index (χ1v) is 9.06. The summed E-state index contributed by atoms with van der Waals surface area (Å²) in [5.74, 6) is -5.38. The Morgan fingerprint density at radius 2 is 1.92 bits per heavy atom. The van der Waals surface area contributed by atoms with Gasteiger partial charge in [-0.1, -0.05) is 0 Å². The molecule has 0 bridgehead atoms. The van der Waals surface area contributed by atoms with Crippen molar-refractivity contribution in [2.45, 2.75) is 56.0 Å². The molecule has 12 nitrogen and oxygen atoms in total. The number of hydrogen-bond donors (Lipinski definition) is 8. The highest BCUT2D eigenvalue weighted by molar-refractivity contribution is 7.51. The van der Waals surface area contributed by atoms with Crippen LogP contribution in [0.15, 0.2) is 0 Å². The monoisotopic (exact) mass is 387 g/mol. The van der Waals surface area contributed by atoms with Gasteiger partial charge in [0.25, 0.3) is 5.79 Å². The van der Waals surface area contributed by atoms with Crippen molar-refractivity contribution in [2.24, 2.45) is 0 Å². The Morgan fingerprint density at radius 3 is 2.36 bits per heavy atom. The van der Waals surface area contributed by atoms with E-state index in [0.29, 0.717) is 0 Å². The second-order valence-electron chi connectivity index (χ2n) is 5.90. The number of amides is 1. The molecular formula is C12H22NO11P. The van der Waals surface area contributed by atoms with Crippen molar-refractivity contribution in [2.75, 3.05) is 6.16 Å². The number of carboxylic acids is 1. The molecule has 1 heterocycles. The number of aliphatic carboxylic acids is 1. The zero-order valence-electron chi connectivity index (χ0n) is 13.2. The standard InChI is InChI=1S/C12H22NO11P/c1-5(14)13-8-7(16)4-12(20,11(18)19)24-10(8)9(17)6(15)2-3-25(21,22)23/h6-10,15-17,20H,2-4H2,1H3,(H,13,14)(H,18,19)(H2,21,22,23). The molecule has 1 aliphatic heterocycles. The fourth-order valence-corrected chi connectivity index (χ4v) is 3.10. The van der Waals surface area contributed by atoms with Crippen LogP contribution in [0, 0.1) is 0 Å². The van der Waals surface area contributed by atoms with E-state index in [1.165, 1.54) is 0 Å². The topological polar surface area (TPSA) is 214 Å². The van der Waals surface area contributed by atoms with Crippen LogP contribution < -0.4 is 5.32 Å². The van der Waals surface area contributed by atoms with Crippen LogP contribution in [0.3, 0.4) is 0 Å². The first kappa shape index (κ1) is 21.9. The molecule has 6 unspecified atom stereocenters. The molecule has 0 radical (unpaired) electrons. The number of carbonyl (C=O) groups excluding carboxylic acids is 1. The SMILES string of the molecule is CC(=O)NC1C(O)CC(O)(C(=O)O)OC1C(O)C(O)CCP(=O)(O)O. The van der Waals surface area contributed by atoms with Crippen LogP contribution >= 0.6 is 7.60 Å². The quantitative estimate of drug-likeness (QED) is 0.203. The Bertz CT molecular complexity index is 551. The van der Waals surface area contributed by atoms with E-state index in [1.807, 2.05) is 0 Å². The Hall–Kier alpha value is -1.11. The first-order valence-electron chi connectivity index (χ1n) is 7.26. The first-order chi connectivity index (χ1) is 11.3. The van der Waals surface area contributed by atoms with Gasteiger partial charge >= 0.3 is 13.6 Å². The Balaban J connectivity index is 3.02. The third kappa shape index (κ3) is 5.97. The molecule has 1 aliphatic rings. The van der Waals surface area contributed by atoms with Crippen molar-refractivity contribution in [1.82, 2.24) is 5.32 Å². The Morgan fingerprint density at radius 1 is 1.36 bits per heavy atom. The lowest BCUT2D eigenvalue weighted by molar-refractivity contribution is -0.294. The summed E-state index contributed by atoms with van der Waals surface area (Å²) in [5, 5.41) is 51.2. The predicted octanol–water partition coefficient (Wildman–Crippen LogP) is -3.30. The molecule has 1 saturated heterocycles. The average Bonchev–Trinajstić information content (AvgIpc) is 2.45. The van der Waals surface area contributed by atoms with Crippen molar-refractivity contribution in [1.29, 1.82) is 0 Å². The molecule has 8 N–H and O–H groups in total. The predicted molar refractivity (Wildman–Crippen MR) is 79.2 cm³/mol. The Labute approximate surface area is 142 Å². The summed E-state index contributed by atoms with van der Waals surface area (Å²) in [6.45, 7) is 1.08. The normalized spacial score (nSPS) is 32.7. The number of carbonyl (C=O) groups is 2. The third-order valence-electron chi connectivity index (χ3n) is 3.74. The number of nitrogens with one attached hydrogen (secondary N) is 1. The number of carboxylic acid groups (broad SMARTS) is 1. The molecule has 1 fully saturated rings. The summed E-state index contributed by atoms with van der Waals surface area (Å²) in [5.41, 5.74) is 0. The molecule has 0 aliphatic carbocycles. The molecular weight excluding hydrogens is 365 g/mol. The number of aliphatic hydroxyl groups is 4. The second kappa shape index (κ2) is 8.06. The van der Waals surface area contributed by atoms with Crippen molar-refractivity contribution < 1.29 is 54.2 Å². The zero-order valence-corrected chi connectivity index (χ0v) is 14.1. The second-order valence-corrected chi connectivity index (χ2v) is 7.68. The van der Waals surface area contributed by atoms with Crippen LogP contribution in [0.25, 0.3) is 0 Å². The molecule has 1 amide bonds. The molecule has 0 aromatic carbocycles. The largest absolute Gasteiger partial charge is 0.477 e. The average molecular weight is 387 g/mol. The van der Waals surface area contributed by atoms with Crippen LogP contribution in [0.2, 0.25) is 0 Å². The highest BCUT2D eigenvalue weighted by Gasteiger charge is 2.53. The van der Waals surface area contributed by atoms with Gasteiger partial charge in [0.1, 0.15) is 12.2 Å². The number of aliphatic hydroxyl groups excluding tert-OH is 3. The maximum absolute atomic E-state index is 11.2. The van der Waals surface area contributed by atoms with Crippen molar-refractivity contribution in [3.05, 3.63) is 0 Å². The van der Waals surface area contributed by atoms with Crippen LogP contribution in [-0.4, -0.2) is 89.6 Å². The molecule has 1 rings (SSSR count). The van der Waals surface area contributed by atoms with Crippen LogP contribution in [0.5, 0.6) is 0 Å². The van der Waals surface area contributed by atoms with Gasteiger partial charge in [0.2, 0.25) is 5.91 Å². The lowest BCUT2D eigenvalue weighted by Gasteiger charge is -2.44. The summed E-state index contributed by atoms with van der Waals surface area (Å²) in [6, 6.07) is -1.36. The summed E-state index contributed by atoms with van der Waals surface area (Å²) in [7, 11) is -4.47. The van der Waals surface area contributed by atoms with E-state index in [-0.39, 0.29) is 0 Å². The fourth-order valence-electron chi connectivity index (χ4n) is 2.50. The molecule has 146 valence electrons. The van der Waals surface area contributed by atoms with Gasteiger partial charge in [-0.2, -0.15) is 0 Å². The van der Waals surface area contributed by atoms with Gasteiger partial charge in [-0.05, 0) is 6.42 Å². The molecule has 25 heavy (non-hydrogen) atoms. The van der Waals surface area contributed by atoms with E-state index in [1.54, 1.807) is 0 Å². The smallest absolute Gasteiger partial charge is 0.364 e. The number of rotatable bonds is 7. The van der Waals surface area contributed by atoms with Gasteiger partial charge in [0, 0.05) is 13.3 Å². The van der Waals surface area contributed by atoms with Gasteiger partial charge < -0.3 is 45.4 Å². The maximum Gasteiger partial charge on any atom is 0.364 e. The summed E-state index contributed by atoms with van der Waals surface area (Å²) in [6.07, 6.45) is -9.27. The van der Waals surface area contributed by atoms with Gasteiger partial charge in [0.15, 0.2) is 0 Å². The van der Waals surface area contributed by atoms with E-state index in [4.69, 9.17) is 19.6 Å². The molecule has 0 spiro atoms. The lowest BCUT2D eigenvalue weighted by Crippen LogP contribution is -2.67. The molecule has 0 aromatic rings.